The molecule has 21 heavy (non-hydrogen) atoms. The summed E-state index contributed by atoms with van der Waals surface area (Å²) in [6, 6.07) is 6.49. The lowest BCUT2D eigenvalue weighted by Crippen LogP contribution is -2.59. The summed E-state index contributed by atoms with van der Waals surface area (Å²) >= 11 is 0. The molecule has 0 radical (unpaired) electrons. The number of hydrogen-bond acceptors (Lipinski definition) is 4. The molecular formula is C15H14N2O4. The lowest BCUT2D eigenvalue weighted by atomic mass is 10.1. The van der Waals surface area contributed by atoms with Crippen LogP contribution in [0.2, 0.25) is 0 Å². The summed E-state index contributed by atoms with van der Waals surface area (Å²) in [4.78, 5) is 50.7. The fraction of sp³-hybridized carbons (Fsp3) is 0.333. The fourth-order valence-corrected chi connectivity index (χ4v) is 2.91. The summed E-state index contributed by atoms with van der Waals surface area (Å²) in [5.74, 6) is -1.37. The number of nitrogens with zero attached hydrogens (tertiary/aromatic N) is 2. The first-order valence-corrected chi connectivity index (χ1v) is 6.78. The van der Waals surface area contributed by atoms with Gasteiger partial charge in [0.05, 0.1) is 6.42 Å². The molecule has 4 amide bonds. The Morgan fingerprint density at radius 2 is 1.76 bits per heavy atom. The summed E-state index contributed by atoms with van der Waals surface area (Å²) in [5.41, 5.74) is 0.274. The molecule has 6 nitrogen and oxygen atoms in total. The molecule has 3 rings (SSSR count). The Labute approximate surface area is 121 Å². The molecule has 108 valence electrons. The van der Waals surface area contributed by atoms with Gasteiger partial charge in [-0.3, -0.25) is 14.4 Å². The Bertz CT molecular complexity index is 640. The molecular weight excluding hydrogens is 272 g/mol. The maximum absolute atomic E-state index is 12.4. The van der Waals surface area contributed by atoms with Crippen molar-refractivity contribution in [3.63, 3.8) is 0 Å². The van der Waals surface area contributed by atoms with Crippen molar-refractivity contribution >= 4 is 23.6 Å². The lowest BCUT2D eigenvalue weighted by molar-refractivity contribution is -0.133. The van der Waals surface area contributed by atoms with Crippen LogP contribution < -0.4 is 0 Å². The van der Waals surface area contributed by atoms with E-state index >= 15 is 0 Å². The number of benzene rings is 1. The van der Waals surface area contributed by atoms with E-state index in [-0.39, 0.29) is 30.2 Å². The van der Waals surface area contributed by atoms with Crippen molar-refractivity contribution in [1.29, 1.82) is 0 Å². The first-order chi connectivity index (χ1) is 10.0. The molecule has 0 aliphatic carbocycles. The van der Waals surface area contributed by atoms with Crippen molar-refractivity contribution in [2.45, 2.75) is 31.8 Å². The van der Waals surface area contributed by atoms with Gasteiger partial charge in [-0.1, -0.05) is 18.2 Å². The van der Waals surface area contributed by atoms with E-state index in [0.717, 1.165) is 0 Å². The molecule has 0 bridgehead atoms. The molecule has 0 N–H and O–H groups in total. The molecule has 2 saturated heterocycles. The zero-order valence-corrected chi connectivity index (χ0v) is 11.5. The molecule has 2 aliphatic rings. The molecule has 0 aromatic heterocycles. The first-order valence-electron chi connectivity index (χ1n) is 6.78. The van der Waals surface area contributed by atoms with E-state index in [0.29, 0.717) is 4.90 Å². The zero-order chi connectivity index (χ0) is 15.1. The SMILES string of the molecule is C[C@@H]1CC(=O)[C@H]2CC(=O)N(C(=O)c3ccccc3)C(=O)N12. The largest absolute Gasteiger partial charge is 0.334 e. The Kier molecular flexibility index (Phi) is 3.08. The van der Waals surface area contributed by atoms with Gasteiger partial charge in [0.25, 0.3) is 5.91 Å². The van der Waals surface area contributed by atoms with Crippen LogP contribution in [-0.2, 0) is 9.59 Å². The monoisotopic (exact) mass is 286 g/mol. The molecule has 2 atom stereocenters. The van der Waals surface area contributed by atoms with Crippen LogP contribution in [0.4, 0.5) is 4.79 Å². The van der Waals surface area contributed by atoms with Crippen molar-refractivity contribution in [1.82, 2.24) is 9.80 Å². The second-order valence-electron chi connectivity index (χ2n) is 5.33. The van der Waals surface area contributed by atoms with E-state index in [1.807, 2.05) is 0 Å². The summed E-state index contributed by atoms with van der Waals surface area (Å²) < 4.78 is 0. The van der Waals surface area contributed by atoms with E-state index in [4.69, 9.17) is 0 Å². The summed E-state index contributed by atoms with van der Waals surface area (Å²) in [6.45, 7) is 1.75. The predicted octanol–water partition coefficient (Wildman–Crippen LogP) is 1.21. The highest BCUT2D eigenvalue weighted by Crippen LogP contribution is 2.30. The Morgan fingerprint density at radius 3 is 2.43 bits per heavy atom. The quantitative estimate of drug-likeness (QED) is 0.727. The predicted molar refractivity (Wildman–Crippen MR) is 72.3 cm³/mol. The molecule has 1 aromatic rings. The highest BCUT2D eigenvalue weighted by atomic mass is 16.2. The van der Waals surface area contributed by atoms with Crippen LogP contribution in [-0.4, -0.2) is 45.5 Å². The highest BCUT2D eigenvalue weighted by Gasteiger charge is 2.50. The van der Waals surface area contributed by atoms with Gasteiger partial charge >= 0.3 is 6.03 Å². The molecule has 2 fully saturated rings. The van der Waals surface area contributed by atoms with Crippen LogP contribution in [0.3, 0.4) is 0 Å². The number of carbonyl (C=O) groups excluding carboxylic acids is 4. The number of imide groups is 3. The standard InChI is InChI=1S/C15H14N2O4/c1-9-7-12(18)11-8-13(19)17(15(21)16(9)11)14(20)10-5-3-2-4-6-10/h2-6,9,11H,7-8H2,1H3/t9-,11-/m1/s1. The summed E-state index contributed by atoms with van der Waals surface area (Å²) in [7, 11) is 0. The van der Waals surface area contributed by atoms with E-state index in [1.165, 1.54) is 4.90 Å². The first kappa shape index (κ1) is 13.5. The Balaban J connectivity index is 1.93. The number of urea groups is 1. The van der Waals surface area contributed by atoms with Gasteiger partial charge in [-0.05, 0) is 19.1 Å². The van der Waals surface area contributed by atoms with Gasteiger partial charge in [0, 0.05) is 18.0 Å². The molecule has 0 saturated carbocycles. The van der Waals surface area contributed by atoms with Gasteiger partial charge in [-0.25, -0.2) is 4.79 Å². The van der Waals surface area contributed by atoms with Crippen LogP contribution in [0.1, 0.15) is 30.1 Å². The zero-order valence-electron chi connectivity index (χ0n) is 11.5. The lowest BCUT2D eigenvalue weighted by Gasteiger charge is -2.36. The van der Waals surface area contributed by atoms with Gasteiger partial charge in [-0.2, -0.15) is 4.90 Å². The van der Waals surface area contributed by atoms with Gasteiger partial charge in [-0.15, -0.1) is 0 Å². The molecule has 0 unspecified atom stereocenters. The minimum absolute atomic E-state index is 0.115. The summed E-state index contributed by atoms with van der Waals surface area (Å²) in [5, 5.41) is 0. The second-order valence-corrected chi connectivity index (χ2v) is 5.33. The maximum Gasteiger partial charge on any atom is 0.334 e. The topological polar surface area (TPSA) is 74.8 Å². The number of amides is 4. The van der Waals surface area contributed by atoms with Crippen molar-refractivity contribution in [2.24, 2.45) is 0 Å². The average Bonchev–Trinajstić information content (AvgIpc) is 2.74. The third-order valence-electron chi connectivity index (χ3n) is 3.93. The minimum Gasteiger partial charge on any atom is -0.310 e. The van der Waals surface area contributed by atoms with Crippen molar-refractivity contribution < 1.29 is 19.2 Å². The molecule has 2 aliphatic heterocycles. The van der Waals surface area contributed by atoms with Gasteiger partial charge in [0.1, 0.15) is 6.04 Å². The van der Waals surface area contributed by atoms with Crippen molar-refractivity contribution in [3.05, 3.63) is 35.9 Å². The molecule has 6 heteroatoms. The molecule has 2 heterocycles. The van der Waals surface area contributed by atoms with Crippen LogP contribution >= 0.6 is 0 Å². The van der Waals surface area contributed by atoms with Crippen LogP contribution in [0, 0.1) is 0 Å². The number of Topliss-reactive ketones (excluding diaryl/α,β-unsaturated/α-hetero) is 1. The molecule has 0 spiro atoms. The number of fused-ring (bicyclic) bond motifs is 1. The van der Waals surface area contributed by atoms with Gasteiger partial charge in [0.15, 0.2) is 5.78 Å². The maximum atomic E-state index is 12.4. The van der Waals surface area contributed by atoms with Gasteiger partial charge < -0.3 is 4.90 Å². The normalized spacial score (nSPS) is 25.3. The third-order valence-corrected chi connectivity index (χ3v) is 3.93. The van der Waals surface area contributed by atoms with E-state index in [9.17, 15) is 19.2 Å². The van der Waals surface area contributed by atoms with Crippen LogP contribution in [0.15, 0.2) is 30.3 Å². The van der Waals surface area contributed by atoms with E-state index < -0.39 is 23.9 Å². The van der Waals surface area contributed by atoms with Crippen molar-refractivity contribution in [3.8, 4) is 0 Å². The van der Waals surface area contributed by atoms with E-state index in [2.05, 4.69) is 0 Å². The number of carbonyl (C=O) groups is 4. The highest BCUT2D eigenvalue weighted by molar-refractivity contribution is 6.19. The van der Waals surface area contributed by atoms with Crippen LogP contribution in [0.5, 0.6) is 0 Å². The Morgan fingerprint density at radius 1 is 1.10 bits per heavy atom. The fourth-order valence-electron chi connectivity index (χ4n) is 2.91. The second kappa shape index (κ2) is 4.80. The number of rotatable bonds is 1. The number of ketones is 1. The minimum atomic E-state index is -0.708. The van der Waals surface area contributed by atoms with Crippen molar-refractivity contribution in [2.75, 3.05) is 0 Å². The number of hydrogen-bond donors (Lipinski definition) is 0. The van der Waals surface area contributed by atoms with Crippen LogP contribution in [0.25, 0.3) is 0 Å². The molecule has 1 aromatic carbocycles. The van der Waals surface area contributed by atoms with E-state index in [1.54, 1.807) is 37.3 Å². The Hall–Kier alpha value is -2.50. The van der Waals surface area contributed by atoms with Gasteiger partial charge in [0.2, 0.25) is 5.91 Å². The summed E-state index contributed by atoms with van der Waals surface area (Å²) in [6.07, 6.45) is 0.116. The average molecular weight is 286 g/mol. The third kappa shape index (κ3) is 2.03. The smallest absolute Gasteiger partial charge is 0.310 e.